The van der Waals surface area contributed by atoms with Gasteiger partial charge in [0.15, 0.2) is 23.0 Å². The number of nitrogens with zero attached hydrogens (tertiary/aromatic N) is 1. The molecule has 4 rings (SSSR count). The van der Waals surface area contributed by atoms with Gasteiger partial charge in [-0.05, 0) is 84.3 Å². The van der Waals surface area contributed by atoms with Crippen LogP contribution >= 0.6 is 41.5 Å². The zero-order valence-electron chi connectivity index (χ0n) is 18.7. The molecule has 2 unspecified atom stereocenters. The Morgan fingerprint density at radius 3 is 2.73 bits per heavy atom. The van der Waals surface area contributed by atoms with E-state index in [2.05, 4.69) is 78.3 Å². The molecule has 1 aliphatic heterocycles. The normalized spacial score (nSPS) is 18.5. The molecule has 0 saturated heterocycles. The number of hydrogen-bond acceptors (Lipinski definition) is 3. The van der Waals surface area contributed by atoms with Gasteiger partial charge in [-0.3, -0.25) is 4.90 Å². The Bertz CT molecular complexity index is 1200. The number of halogens is 1. The summed E-state index contributed by atoms with van der Waals surface area (Å²) in [4.78, 5) is 17.9. The van der Waals surface area contributed by atoms with E-state index in [-0.39, 0.29) is 12.0 Å². The summed E-state index contributed by atoms with van der Waals surface area (Å²) in [5.41, 5.74) is 6.15. The molecule has 3 aromatic rings. The number of carbonyl (C=O) groups is 1. The highest BCUT2D eigenvalue weighted by Gasteiger charge is 2.36. The quantitative estimate of drug-likeness (QED) is 0.132. The summed E-state index contributed by atoms with van der Waals surface area (Å²) in [6, 6.07) is 13.4. The van der Waals surface area contributed by atoms with Crippen LogP contribution in [0.3, 0.4) is 0 Å². The average molecular weight is 590 g/mol. The Labute approximate surface area is 214 Å². The summed E-state index contributed by atoms with van der Waals surface area (Å²) in [5, 5.41) is 3.58. The summed E-state index contributed by atoms with van der Waals surface area (Å²) < 4.78 is 4.71. The van der Waals surface area contributed by atoms with E-state index in [1.807, 2.05) is 6.08 Å². The molecule has 4 atom stereocenters. The molecule has 0 aliphatic carbocycles. The molecule has 0 bridgehead atoms. The van der Waals surface area contributed by atoms with E-state index in [1.165, 1.54) is 33.8 Å². The van der Waals surface area contributed by atoms with E-state index in [0.29, 0.717) is 6.04 Å². The van der Waals surface area contributed by atoms with E-state index < -0.39 is 0 Å². The summed E-state index contributed by atoms with van der Waals surface area (Å²) in [5.74, 6) is -0.368. The zero-order valence-corrected chi connectivity index (χ0v) is 23.1. The van der Waals surface area contributed by atoms with Crippen LogP contribution < -0.4 is 10.6 Å². The first kappa shape index (κ1) is 24.6. The van der Waals surface area contributed by atoms with Gasteiger partial charge in [-0.1, -0.05) is 24.3 Å². The number of rotatable bonds is 7. The SMILES string of the molecule is C=CCCCN1[C@@H](c2c(P)cc(/C=C/C(=O)OI)cc2P)c2[nH]c3ccccc3c2C[C@H]1C. The highest BCUT2D eigenvalue weighted by Crippen LogP contribution is 2.40. The van der Waals surface area contributed by atoms with Gasteiger partial charge >= 0.3 is 5.97 Å². The molecule has 1 N–H and O–H groups in total. The monoisotopic (exact) mass is 590 g/mol. The second-order valence-corrected chi connectivity index (χ2v) is 10.2. The van der Waals surface area contributed by atoms with Crippen LogP contribution in [0.1, 0.15) is 48.2 Å². The average Bonchev–Trinajstić information content (AvgIpc) is 3.16. The summed E-state index contributed by atoms with van der Waals surface area (Å²) >= 11 is 1.60. The fourth-order valence-corrected chi connectivity index (χ4v) is 6.26. The minimum atomic E-state index is -0.368. The number of hydrogen-bond donors (Lipinski definition) is 1. The van der Waals surface area contributed by atoms with E-state index in [0.717, 1.165) is 42.0 Å². The molecular weight excluding hydrogens is 561 g/mol. The number of unbranched alkanes of at least 4 members (excludes halogenated alkanes) is 1. The van der Waals surface area contributed by atoms with Gasteiger partial charge in [0, 0.05) is 28.7 Å². The molecule has 2 heterocycles. The lowest BCUT2D eigenvalue weighted by Crippen LogP contribution is -2.45. The van der Waals surface area contributed by atoms with Crippen molar-refractivity contribution < 1.29 is 7.86 Å². The van der Waals surface area contributed by atoms with Crippen LogP contribution in [0, 0.1) is 0 Å². The Hall–Kier alpha value is -1.52. The van der Waals surface area contributed by atoms with Crippen molar-refractivity contribution in [2.24, 2.45) is 0 Å². The zero-order chi connectivity index (χ0) is 23.5. The van der Waals surface area contributed by atoms with Crippen molar-refractivity contribution >= 4 is 75.0 Å². The van der Waals surface area contributed by atoms with E-state index >= 15 is 0 Å². The second kappa shape index (κ2) is 10.8. The first-order valence-electron chi connectivity index (χ1n) is 11.1. The van der Waals surface area contributed by atoms with E-state index in [9.17, 15) is 4.79 Å². The molecule has 0 radical (unpaired) electrons. The van der Waals surface area contributed by atoms with Gasteiger partial charge in [0.1, 0.15) is 0 Å². The highest BCUT2D eigenvalue weighted by atomic mass is 127. The third-order valence-electron chi connectivity index (χ3n) is 6.37. The lowest BCUT2D eigenvalue weighted by atomic mass is 9.88. The van der Waals surface area contributed by atoms with Gasteiger partial charge in [-0.15, -0.1) is 25.1 Å². The number of allylic oxidation sites excluding steroid dienone is 1. The first-order valence-corrected chi connectivity index (χ1v) is 13.1. The molecular formula is C26H29IN2O2P2. The lowest BCUT2D eigenvalue weighted by Gasteiger charge is -2.42. The second-order valence-electron chi connectivity index (χ2n) is 8.53. The minimum Gasteiger partial charge on any atom is -0.391 e. The topological polar surface area (TPSA) is 45.3 Å². The molecule has 0 amide bonds. The molecule has 1 aromatic heterocycles. The number of nitrogens with one attached hydrogen (secondary N) is 1. The van der Waals surface area contributed by atoms with Gasteiger partial charge in [0.2, 0.25) is 0 Å². The van der Waals surface area contributed by atoms with Gasteiger partial charge in [0.25, 0.3) is 0 Å². The van der Waals surface area contributed by atoms with Crippen LogP contribution in [0.2, 0.25) is 0 Å². The largest absolute Gasteiger partial charge is 0.391 e. The van der Waals surface area contributed by atoms with Crippen molar-refractivity contribution in [3.8, 4) is 0 Å². The number of H-pyrrole nitrogens is 1. The first-order chi connectivity index (χ1) is 15.9. The molecule has 0 spiro atoms. The van der Waals surface area contributed by atoms with Crippen LogP contribution in [-0.4, -0.2) is 28.4 Å². The molecule has 0 saturated carbocycles. The van der Waals surface area contributed by atoms with Crippen LogP contribution in [0.4, 0.5) is 0 Å². The third-order valence-corrected chi connectivity index (χ3v) is 7.76. The summed E-state index contributed by atoms with van der Waals surface area (Å²) in [6.07, 6.45) is 8.37. The molecule has 2 aromatic carbocycles. The fourth-order valence-electron chi connectivity index (χ4n) is 4.91. The van der Waals surface area contributed by atoms with Gasteiger partial charge in [-0.25, -0.2) is 4.79 Å². The summed E-state index contributed by atoms with van der Waals surface area (Å²) in [6.45, 7) is 7.25. The molecule has 4 nitrogen and oxygen atoms in total. The smallest absolute Gasteiger partial charge is 0.340 e. The van der Waals surface area contributed by atoms with Crippen molar-refractivity contribution in [1.82, 2.24) is 9.88 Å². The molecule has 1 aliphatic rings. The van der Waals surface area contributed by atoms with Gasteiger partial charge in [0.05, 0.1) is 6.04 Å². The Morgan fingerprint density at radius 2 is 2.03 bits per heavy atom. The van der Waals surface area contributed by atoms with Crippen LogP contribution in [0.5, 0.6) is 0 Å². The Morgan fingerprint density at radius 1 is 1.30 bits per heavy atom. The molecule has 7 heteroatoms. The molecule has 0 fully saturated rings. The van der Waals surface area contributed by atoms with Crippen molar-refractivity contribution in [1.29, 1.82) is 0 Å². The Balaban J connectivity index is 1.84. The van der Waals surface area contributed by atoms with Crippen molar-refractivity contribution in [3.63, 3.8) is 0 Å². The highest BCUT2D eigenvalue weighted by molar-refractivity contribution is 14.1. The standard InChI is InChI=1S/C26H29IN2O2P2/c1-3-4-7-12-29-16(2)13-19-18-8-5-6-9-20(18)28-25(19)26(29)24-21(32)14-17(15-22(24)33)10-11-23(30)31-27/h3,5-6,8-11,14-16,26,28H,1,4,7,12-13,32-33H2,2H3/b11-10+/t16-,26+/m1/s1. The Kier molecular flexibility index (Phi) is 8.07. The number of aromatic amines is 1. The van der Waals surface area contributed by atoms with E-state index in [4.69, 9.17) is 3.07 Å². The number of para-hydroxylation sites is 1. The maximum atomic E-state index is 11.6. The third kappa shape index (κ3) is 5.12. The molecule has 33 heavy (non-hydrogen) atoms. The van der Waals surface area contributed by atoms with Crippen molar-refractivity contribution in [2.75, 3.05) is 6.54 Å². The van der Waals surface area contributed by atoms with Crippen LogP contribution in [0.15, 0.2) is 55.1 Å². The van der Waals surface area contributed by atoms with E-state index in [1.54, 1.807) is 29.1 Å². The van der Waals surface area contributed by atoms with Gasteiger partial charge in [-0.2, -0.15) is 0 Å². The van der Waals surface area contributed by atoms with Crippen LogP contribution in [-0.2, 0) is 14.3 Å². The fraction of sp³-hybridized carbons (Fsp3) is 0.269. The predicted octanol–water partition coefficient (Wildman–Crippen LogP) is 5.38. The van der Waals surface area contributed by atoms with Crippen molar-refractivity contribution in [3.05, 3.63) is 77.5 Å². The van der Waals surface area contributed by atoms with Crippen molar-refractivity contribution in [2.45, 2.75) is 38.3 Å². The van der Waals surface area contributed by atoms with Gasteiger partial charge < -0.3 is 8.05 Å². The number of benzene rings is 2. The lowest BCUT2D eigenvalue weighted by molar-refractivity contribution is -0.126. The maximum Gasteiger partial charge on any atom is 0.340 e. The number of aromatic nitrogens is 1. The predicted molar refractivity (Wildman–Crippen MR) is 154 cm³/mol. The number of carbonyl (C=O) groups excluding carboxylic acids is 1. The maximum absolute atomic E-state index is 11.6. The minimum absolute atomic E-state index is 0.123. The summed E-state index contributed by atoms with van der Waals surface area (Å²) in [7, 11) is 5.84. The van der Waals surface area contributed by atoms with Crippen LogP contribution in [0.25, 0.3) is 17.0 Å². The number of fused-ring (bicyclic) bond motifs is 3. The molecule has 172 valence electrons.